The van der Waals surface area contributed by atoms with Crippen LogP contribution in [0.4, 0.5) is 0 Å². The fourth-order valence-corrected chi connectivity index (χ4v) is 2.52. The largest absolute Gasteiger partial charge is 0.304 e. The summed E-state index contributed by atoms with van der Waals surface area (Å²) in [4.78, 5) is 2.63. The summed E-state index contributed by atoms with van der Waals surface area (Å²) < 4.78 is 0. The number of hydrogen-bond donors (Lipinski definition) is 0. The molecular weight excluding hydrogens is 206 g/mol. The molecule has 0 aromatic rings. The van der Waals surface area contributed by atoms with Gasteiger partial charge in [0.1, 0.15) is 0 Å². The molecule has 0 rings (SSSR count). The highest BCUT2D eigenvalue weighted by molar-refractivity contribution is 4.61. The Bertz CT molecular complexity index is 154. The van der Waals surface area contributed by atoms with E-state index in [1.54, 1.807) is 0 Å². The molecule has 0 saturated heterocycles. The molecule has 0 bridgehead atoms. The van der Waals surface area contributed by atoms with E-state index in [-0.39, 0.29) is 0 Å². The fourth-order valence-electron chi connectivity index (χ4n) is 2.52. The van der Waals surface area contributed by atoms with Crippen LogP contribution in [0.5, 0.6) is 0 Å². The second-order valence-corrected chi connectivity index (χ2v) is 6.02. The summed E-state index contributed by atoms with van der Waals surface area (Å²) in [6, 6.07) is 0. The molecule has 1 unspecified atom stereocenters. The number of rotatable bonds is 11. The van der Waals surface area contributed by atoms with Crippen LogP contribution in [0.3, 0.4) is 0 Å². The lowest BCUT2D eigenvalue weighted by Crippen LogP contribution is -2.27. The molecule has 0 aromatic heterocycles. The van der Waals surface area contributed by atoms with E-state index in [1.165, 1.54) is 58.2 Å². The second kappa shape index (κ2) is 11.1. The summed E-state index contributed by atoms with van der Waals surface area (Å²) in [5.74, 6) is 1.74. The van der Waals surface area contributed by atoms with Crippen molar-refractivity contribution >= 4 is 0 Å². The van der Waals surface area contributed by atoms with Crippen LogP contribution in [-0.2, 0) is 0 Å². The van der Waals surface area contributed by atoms with Crippen molar-refractivity contribution in [2.75, 3.05) is 19.6 Å². The van der Waals surface area contributed by atoms with Crippen LogP contribution in [0.25, 0.3) is 0 Å². The maximum atomic E-state index is 2.63. The smallest absolute Gasteiger partial charge is 0.00163 e. The van der Waals surface area contributed by atoms with E-state index in [0.29, 0.717) is 0 Å². The molecule has 0 aliphatic rings. The third kappa shape index (κ3) is 10.8. The molecule has 0 heterocycles. The SMILES string of the molecule is CCCCCCN(CC)CCC(C)CC(C)C. The minimum absolute atomic E-state index is 0.852. The molecule has 0 aromatic carbocycles. The molecule has 1 heteroatoms. The van der Waals surface area contributed by atoms with Crippen LogP contribution in [0.1, 0.15) is 73.1 Å². The summed E-state index contributed by atoms with van der Waals surface area (Å²) in [7, 11) is 0. The minimum atomic E-state index is 0.852. The van der Waals surface area contributed by atoms with Gasteiger partial charge < -0.3 is 4.90 Å². The molecule has 1 atom stereocenters. The van der Waals surface area contributed by atoms with Gasteiger partial charge in [0.05, 0.1) is 0 Å². The van der Waals surface area contributed by atoms with E-state index in [4.69, 9.17) is 0 Å². The van der Waals surface area contributed by atoms with Gasteiger partial charge in [-0.25, -0.2) is 0 Å². The van der Waals surface area contributed by atoms with Crippen molar-refractivity contribution in [3.8, 4) is 0 Å². The molecule has 0 amide bonds. The normalized spacial score (nSPS) is 13.6. The van der Waals surface area contributed by atoms with E-state index >= 15 is 0 Å². The second-order valence-electron chi connectivity index (χ2n) is 6.02. The van der Waals surface area contributed by atoms with Crippen LogP contribution < -0.4 is 0 Å². The van der Waals surface area contributed by atoms with E-state index < -0.39 is 0 Å². The van der Waals surface area contributed by atoms with E-state index in [1.807, 2.05) is 0 Å². The number of unbranched alkanes of at least 4 members (excludes halogenated alkanes) is 3. The first-order valence-corrected chi connectivity index (χ1v) is 7.82. The monoisotopic (exact) mass is 241 g/mol. The maximum absolute atomic E-state index is 2.63. The lowest BCUT2D eigenvalue weighted by molar-refractivity contribution is 0.252. The zero-order chi connectivity index (χ0) is 13.1. The average molecular weight is 241 g/mol. The summed E-state index contributed by atoms with van der Waals surface area (Å²) >= 11 is 0. The highest BCUT2D eigenvalue weighted by atomic mass is 15.1. The molecule has 0 radical (unpaired) electrons. The first-order valence-electron chi connectivity index (χ1n) is 7.82. The molecule has 0 fully saturated rings. The van der Waals surface area contributed by atoms with Crippen LogP contribution in [0.15, 0.2) is 0 Å². The van der Waals surface area contributed by atoms with Crippen molar-refractivity contribution in [2.45, 2.75) is 73.1 Å². The summed E-state index contributed by atoms with van der Waals surface area (Å²) in [6.07, 6.45) is 8.31. The van der Waals surface area contributed by atoms with Crippen molar-refractivity contribution in [2.24, 2.45) is 11.8 Å². The standard InChI is InChI=1S/C16H35N/c1-6-8-9-10-12-17(7-2)13-11-16(5)14-15(3)4/h15-16H,6-14H2,1-5H3. The van der Waals surface area contributed by atoms with Crippen molar-refractivity contribution in [3.05, 3.63) is 0 Å². The lowest BCUT2D eigenvalue weighted by atomic mass is 9.96. The molecule has 104 valence electrons. The van der Waals surface area contributed by atoms with Crippen LogP contribution in [0.2, 0.25) is 0 Å². The van der Waals surface area contributed by atoms with Gasteiger partial charge in [-0.15, -0.1) is 0 Å². The van der Waals surface area contributed by atoms with Gasteiger partial charge in [-0.1, -0.05) is 53.9 Å². The predicted octanol–water partition coefficient (Wildman–Crippen LogP) is 4.96. The van der Waals surface area contributed by atoms with Gasteiger partial charge in [-0.2, -0.15) is 0 Å². The number of hydrogen-bond acceptors (Lipinski definition) is 1. The Balaban J connectivity index is 3.59. The Morgan fingerprint density at radius 2 is 1.59 bits per heavy atom. The van der Waals surface area contributed by atoms with Gasteiger partial charge in [0.25, 0.3) is 0 Å². The van der Waals surface area contributed by atoms with Crippen LogP contribution in [0, 0.1) is 11.8 Å². The van der Waals surface area contributed by atoms with E-state index in [9.17, 15) is 0 Å². The molecule has 0 aliphatic heterocycles. The van der Waals surface area contributed by atoms with Gasteiger partial charge in [0, 0.05) is 0 Å². The van der Waals surface area contributed by atoms with Gasteiger partial charge in [-0.3, -0.25) is 0 Å². The molecule has 17 heavy (non-hydrogen) atoms. The Kier molecular flexibility index (Phi) is 11.0. The fraction of sp³-hybridized carbons (Fsp3) is 1.00. The molecule has 0 aliphatic carbocycles. The third-order valence-electron chi connectivity index (χ3n) is 3.59. The lowest BCUT2D eigenvalue weighted by Gasteiger charge is -2.23. The summed E-state index contributed by atoms with van der Waals surface area (Å²) in [5.41, 5.74) is 0. The highest BCUT2D eigenvalue weighted by Gasteiger charge is 2.08. The summed E-state index contributed by atoms with van der Waals surface area (Å²) in [5, 5.41) is 0. The Labute approximate surface area is 110 Å². The molecular formula is C16H35N. The molecule has 1 nitrogen and oxygen atoms in total. The molecule has 0 N–H and O–H groups in total. The average Bonchev–Trinajstić information content (AvgIpc) is 2.27. The Hall–Kier alpha value is -0.0400. The van der Waals surface area contributed by atoms with Crippen molar-refractivity contribution in [3.63, 3.8) is 0 Å². The highest BCUT2D eigenvalue weighted by Crippen LogP contribution is 2.15. The van der Waals surface area contributed by atoms with E-state index in [2.05, 4.69) is 39.5 Å². The first-order chi connectivity index (χ1) is 8.10. The van der Waals surface area contributed by atoms with Gasteiger partial charge in [-0.05, 0) is 50.7 Å². The maximum Gasteiger partial charge on any atom is -0.00163 e. The van der Waals surface area contributed by atoms with Crippen LogP contribution >= 0.6 is 0 Å². The molecule has 0 saturated carbocycles. The predicted molar refractivity (Wildman–Crippen MR) is 79.5 cm³/mol. The van der Waals surface area contributed by atoms with Gasteiger partial charge in [0.2, 0.25) is 0 Å². The van der Waals surface area contributed by atoms with Crippen LogP contribution in [-0.4, -0.2) is 24.5 Å². The van der Waals surface area contributed by atoms with Crippen molar-refractivity contribution in [1.82, 2.24) is 4.90 Å². The zero-order valence-corrected chi connectivity index (χ0v) is 13.0. The Morgan fingerprint density at radius 1 is 0.882 bits per heavy atom. The Morgan fingerprint density at radius 3 is 2.12 bits per heavy atom. The summed E-state index contributed by atoms with van der Waals surface area (Å²) in [6.45, 7) is 15.5. The van der Waals surface area contributed by atoms with E-state index in [0.717, 1.165) is 11.8 Å². The quantitative estimate of drug-likeness (QED) is 0.462. The topological polar surface area (TPSA) is 3.24 Å². The van der Waals surface area contributed by atoms with Crippen molar-refractivity contribution in [1.29, 1.82) is 0 Å². The molecule has 0 spiro atoms. The van der Waals surface area contributed by atoms with Crippen molar-refractivity contribution < 1.29 is 0 Å². The third-order valence-corrected chi connectivity index (χ3v) is 3.59. The van der Waals surface area contributed by atoms with Gasteiger partial charge in [0.15, 0.2) is 0 Å². The minimum Gasteiger partial charge on any atom is -0.304 e. The number of nitrogens with zero attached hydrogens (tertiary/aromatic N) is 1. The van der Waals surface area contributed by atoms with Gasteiger partial charge >= 0.3 is 0 Å². The zero-order valence-electron chi connectivity index (χ0n) is 13.0. The first kappa shape index (κ1) is 17.0.